The van der Waals surface area contributed by atoms with Gasteiger partial charge < -0.3 is 15.2 Å². The smallest absolute Gasteiger partial charge is 0.262 e. The van der Waals surface area contributed by atoms with Gasteiger partial charge in [0.2, 0.25) is 0 Å². The predicted molar refractivity (Wildman–Crippen MR) is 91.3 cm³/mol. The van der Waals surface area contributed by atoms with Crippen LogP contribution in [0.15, 0.2) is 50.7 Å². The maximum Gasteiger partial charge on any atom is 0.262 e. The Kier molecular flexibility index (Phi) is 4.13. The molecule has 1 heterocycles. The van der Waals surface area contributed by atoms with Crippen LogP contribution in [0.2, 0.25) is 0 Å². The molecule has 0 aliphatic carbocycles. The number of fused-ring (bicyclic) bond motifs is 1. The Morgan fingerprint density at radius 3 is 2.86 bits per heavy atom. The maximum atomic E-state index is 12.2. The second-order valence-corrected chi connectivity index (χ2v) is 6.61. The van der Waals surface area contributed by atoms with E-state index in [9.17, 15) is 9.90 Å². The van der Waals surface area contributed by atoms with Gasteiger partial charge in [0.05, 0.1) is 17.7 Å². The molecule has 0 saturated carbocycles. The number of aromatic hydroxyl groups is 1. The molecule has 2 aromatic rings. The Bertz CT molecular complexity index is 789. The molecule has 1 amide bonds. The molecule has 0 spiro atoms. The fraction of sp³-hybridized carbons (Fsp3) is 0.0625. The van der Waals surface area contributed by atoms with Crippen LogP contribution in [0, 0.1) is 0 Å². The SMILES string of the molecule is COc1cc(Br)cc(/C=C2\Sc3ccccc3NC2=O)c1O. The van der Waals surface area contributed by atoms with Crippen molar-refractivity contribution in [2.45, 2.75) is 4.90 Å². The number of methoxy groups -OCH3 is 1. The number of para-hydroxylation sites is 1. The Labute approximate surface area is 140 Å². The quantitative estimate of drug-likeness (QED) is 0.768. The molecule has 2 aromatic carbocycles. The first-order valence-corrected chi connectivity index (χ1v) is 8.06. The van der Waals surface area contributed by atoms with Gasteiger partial charge >= 0.3 is 0 Å². The number of hydrogen-bond acceptors (Lipinski definition) is 4. The van der Waals surface area contributed by atoms with Gasteiger partial charge in [0.1, 0.15) is 0 Å². The fourth-order valence-corrected chi connectivity index (χ4v) is 3.50. The average molecular weight is 378 g/mol. The first kappa shape index (κ1) is 15.0. The summed E-state index contributed by atoms with van der Waals surface area (Å²) in [6, 6.07) is 11.0. The molecule has 0 aromatic heterocycles. The predicted octanol–water partition coefficient (Wildman–Crippen LogP) is 4.25. The lowest BCUT2D eigenvalue weighted by Crippen LogP contribution is -2.17. The highest BCUT2D eigenvalue weighted by Crippen LogP contribution is 2.41. The second kappa shape index (κ2) is 6.06. The van der Waals surface area contributed by atoms with E-state index in [0.29, 0.717) is 16.2 Å². The van der Waals surface area contributed by atoms with Gasteiger partial charge in [-0.3, -0.25) is 4.79 Å². The molecular weight excluding hydrogens is 366 g/mol. The molecule has 1 aliphatic heterocycles. The van der Waals surface area contributed by atoms with Crippen LogP contribution in [0.1, 0.15) is 5.56 Å². The van der Waals surface area contributed by atoms with Crippen LogP contribution < -0.4 is 10.1 Å². The molecule has 0 fully saturated rings. The van der Waals surface area contributed by atoms with Crippen molar-refractivity contribution in [2.75, 3.05) is 12.4 Å². The molecule has 2 N–H and O–H groups in total. The van der Waals surface area contributed by atoms with Crippen LogP contribution in [0.3, 0.4) is 0 Å². The monoisotopic (exact) mass is 377 g/mol. The number of nitrogens with one attached hydrogen (secondary N) is 1. The number of ether oxygens (including phenoxy) is 1. The molecule has 0 saturated heterocycles. The lowest BCUT2D eigenvalue weighted by atomic mass is 10.1. The summed E-state index contributed by atoms with van der Waals surface area (Å²) in [5.41, 5.74) is 1.31. The lowest BCUT2D eigenvalue weighted by Gasteiger charge is -2.18. The van der Waals surface area contributed by atoms with Crippen LogP contribution in [-0.2, 0) is 4.79 Å². The maximum absolute atomic E-state index is 12.2. The van der Waals surface area contributed by atoms with Crippen molar-refractivity contribution in [3.63, 3.8) is 0 Å². The molecule has 6 heteroatoms. The molecule has 112 valence electrons. The van der Waals surface area contributed by atoms with E-state index in [1.165, 1.54) is 18.9 Å². The summed E-state index contributed by atoms with van der Waals surface area (Å²) in [5.74, 6) is 0.162. The number of benzene rings is 2. The summed E-state index contributed by atoms with van der Waals surface area (Å²) in [6.45, 7) is 0. The number of carbonyl (C=O) groups is 1. The van der Waals surface area contributed by atoms with Gasteiger partial charge in [-0.25, -0.2) is 0 Å². The van der Waals surface area contributed by atoms with Crippen molar-refractivity contribution < 1.29 is 14.6 Å². The number of rotatable bonds is 2. The molecule has 1 aliphatic rings. The van der Waals surface area contributed by atoms with E-state index in [2.05, 4.69) is 21.2 Å². The first-order valence-electron chi connectivity index (χ1n) is 6.45. The Hall–Kier alpha value is -1.92. The molecule has 3 rings (SSSR count). The average Bonchev–Trinajstić information content (AvgIpc) is 2.51. The molecule has 4 nitrogen and oxygen atoms in total. The van der Waals surface area contributed by atoms with E-state index in [-0.39, 0.29) is 11.7 Å². The van der Waals surface area contributed by atoms with Gasteiger partial charge in [-0.2, -0.15) is 0 Å². The fourth-order valence-electron chi connectivity index (χ4n) is 2.10. The first-order chi connectivity index (χ1) is 10.6. The highest BCUT2D eigenvalue weighted by molar-refractivity contribution is 9.10. The van der Waals surface area contributed by atoms with Crippen molar-refractivity contribution >= 4 is 45.4 Å². The lowest BCUT2D eigenvalue weighted by molar-refractivity contribution is -0.112. The Morgan fingerprint density at radius 2 is 2.09 bits per heavy atom. The van der Waals surface area contributed by atoms with Gasteiger partial charge in [-0.1, -0.05) is 39.8 Å². The van der Waals surface area contributed by atoms with Crippen LogP contribution in [0.4, 0.5) is 5.69 Å². The van der Waals surface area contributed by atoms with E-state index in [1.807, 2.05) is 24.3 Å². The summed E-state index contributed by atoms with van der Waals surface area (Å²) < 4.78 is 5.88. The van der Waals surface area contributed by atoms with Crippen LogP contribution in [-0.4, -0.2) is 18.1 Å². The van der Waals surface area contributed by atoms with Crippen molar-refractivity contribution in [2.24, 2.45) is 0 Å². The number of phenols is 1. The number of halogens is 1. The minimum absolute atomic E-state index is 0.00505. The number of carbonyl (C=O) groups excluding carboxylic acids is 1. The largest absolute Gasteiger partial charge is 0.504 e. The molecular formula is C16H12BrNO3S. The molecule has 0 atom stereocenters. The molecule has 0 unspecified atom stereocenters. The zero-order valence-electron chi connectivity index (χ0n) is 11.6. The number of hydrogen-bond donors (Lipinski definition) is 2. The highest BCUT2D eigenvalue weighted by Gasteiger charge is 2.21. The van der Waals surface area contributed by atoms with Crippen LogP contribution in [0.25, 0.3) is 6.08 Å². The van der Waals surface area contributed by atoms with Crippen molar-refractivity contribution in [3.8, 4) is 11.5 Å². The van der Waals surface area contributed by atoms with Crippen LogP contribution in [0.5, 0.6) is 11.5 Å². The van der Waals surface area contributed by atoms with E-state index in [1.54, 1.807) is 18.2 Å². The Morgan fingerprint density at radius 1 is 1.32 bits per heavy atom. The van der Waals surface area contributed by atoms with E-state index >= 15 is 0 Å². The van der Waals surface area contributed by atoms with Crippen molar-refractivity contribution in [3.05, 3.63) is 51.3 Å². The van der Waals surface area contributed by atoms with E-state index in [4.69, 9.17) is 4.74 Å². The third kappa shape index (κ3) is 2.84. The van der Waals surface area contributed by atoms with E-state index in [0.717, 1.165) is 15.1 Å². The number of thioether (sulfide) groups is 1. The third-order valence-electron chi connectivity index (χ3n) is 3.15. The molecule has 0 bridgehead atoms. The topological polar surface area (TPSA) is 58.6 Å². The number of phenolic OH excluding ortho intramolecular Hbond substituents is 1. The van der Waals surface area contributed by atoms with Crippen LogP contribution >= 0.6 is 27.7 Å². The standard InChI is InChI=1S/C16H12BrNO3S/c1-21-12-8-10(17)6-9(15(12)19)7-14-16(20)18-11-4-2-3-5-13(11)22-14/h2-8,19H,1H3,(H,18,20)/b14-7-. The van der Waals surface area contributed by atoms with Gasteiger partial charge in [-0.15, -0.1) is 0 Å². The number of anilines is 1. The zero-order valence-corrected chi connectivity index (χ0v) is 14.0. The van der Waals surface area contributed by atoms with E-state index < -0.39 is 0 Å². The summed E-state index contributed by atoms with van der Waals surface area (Å²) in [4.78, 5) is 13.7. The summed E-state index contributed by atoms with van der Waals surface area (Å²) in [5, 5.41) is 13.0. The van der Waals surface area contributed by atoms with Gasteiger partial charge in [0.25, 0.3) is 5.91 Å². The summed E-state index contributed by atoms with van der Waals surface area (Å²) in [7, 11) is 1.48. The highest BCUT2D eigenvalue weighted by atomic mass is 79.9. The number of amides is 1. The molecule has 0 radical (unpaired) electrons. The van der Waals surface area contributed by atoms with Gasteiger partial charge in [0.15, 0.2) is 11.5 Å². The van der Waals surface area contributed by atoms with Crippen molar-refractivity contribution in [1.29, 1.82) is 0 Å². The Balaban J connectivity index is 2.03. The van der Waals surface area contributed by atoms with Gasteiger partial charge in [0, 0.05) is 14.9 Å². The van der Waals surface area contributed by atoms with Gasteiger partial charge in [-0.05, 0) is 30.3 Å². The summed E-state index contributed by atoms with van der Waals surface area (Å²) in [6.07, 6.45) is 1.65. The third-order valence-corrected chi connectivity index (χ3v) is 4.71. The minimum atomic E-state index is -0.193. The zero-order chi connectivity index (χ0) is 15.7. The summed E-state index contributed by atoms with van der Waals surface area (Å²) >= 11 is 4.74. The second-order valence-electron chi connectivity index (χ2n) is 4.61. The normalized spacial score (nSPS) is 15.4. The van der Waals surface area contributed by atoms with Crippen molar-refractivity contribution in [1.82, 2.24) is 0 Å². The minimum Gasteiger partial charge on any atom is -0.504 e. The molecule has 22 heavy (non-hydrogen) atoms.